The third kappa shape index (κ3) is 5.33. The normalized spacial score (nSPS) is 11.9. The van der Waals surface area contributed by atoms with Gasteiger partial charge in [0.2, 0.25) is 0 Å². The van der Waals surface area contributed by atoms with Crippen LogP contribution in [0.2, 0.25) is 0 Å². The van der Waals surface area contributed by atoms with Gasteiger partial charge in [0.15, 0.2) is 0 Å². The second-order valence-electron chi connectivity index (χ2n) is 15.2. The minimum absolute atomic E-state index is 0.791. The van der Waals surface area contributed by atoms with Crippen LogP contribution in [0.5, 0.6) is 0 Å². The van der Waals surface area contributed by atoms with Gasteiger partial charge in [-0.1, -0.05) is 164 Å². The van der Waals surface area contributed by atoms with E-state index < -0.39 is 0 Å². The summed E-state index contributed by atoms with van der Waals surface area (Å²) in [5.41, 5.74) is 21.7. The zero-order chi connectivity index (χ0) is 38.7. The van der Waals surface area contributed by atoms with E-state index in [2.05, 4.69) is 177 Å². The minimum Gasteiger partial charge on any atom is -0.456 e. The Bertz CT molecular complexity index is 3220. The summed E-state index contributed by atoms with van der Waals surface area (Å²) in [5, 5.41) is 16.7. The van der Waals surface area contributed by atoms with Crippen LogP contribution in [0.1, 0.15) is 22.3 Å². The maximum Gasteiger partial charge on any atom is 0.136 e. The highest BCUT2D eigenvalue weighted by Crippen LogP contribution is 2.52. The van der Waals surface area contributed by atoms with Crippen LogP contribution in [-0.2, 0) is 6.42 Å². The molecule has 0 saturated carbocycles. The number of hydrogen-bond acceptors (Lipinski definition) is 4. The van der Waals surface area contributed by atoms with Crippen molar-refractivity contribution in [2.75, 3.05) is 0 Å². The van der Waals surface area contributed by atoms with Gasteiger partial charge >= 0.3 is 0 Å². The quantitative estimate of drug-likeness (QED) is 0.170. The van der Waals surface area contributed by atoms with Crippen molar-refractivity contribution in [3.8, 4) is 78.1 Å². The summed E-state index contributed by atoms with van der Waals surface area (Å²) in [6.07, 6.45) is 0.829. The topological polar surface area (TPSA) is 51.8 Å². The van der Waals surface area contributed by atoms with Crippen molar-refractivity contribution in [1.82, 2.24) is 15.4 Å². The molecule has 4 heteroatoms. The highest BCUT2D eigenvalue weighted by Gasteiger charge is 2.31. The van der Waals surface area contributed by atoms with E-state index in [9.17, 15) is 0 Å². The van der Waals surface area contributed by atoms with E-state index in [1.165, 1.54) is 38.9 Å². The number of para-hydroxylation sites is 1. The van der Waals surface area contributed by atoms with Crippen molar-refractivity contribution < 1.29 is 4.42 Å². The number of aromatic nitrogens is 3. The lowest BCUT2D eigenvalue weighted by atomic mass is 9.81. The van der Waals surface area contributed by atoms with E-state index in [-0.39, 0.29) is 0 Å². The van der Waals surface area contributed by atoms with Gasteiger partial charge in [0.25, 0.3) is 0 Å². The van der Waals surface area contributed by atoms with E-state index in [1.807, 2.05) is 18.2 Å². The summed E-state index contributed by atoms with van der Waals surface area (Å²) < 4.78 is 6.54. The van der Waals surface area contributed by atoms with E-state index >= 15 is 0 Å². The molecule has 0 unspecified atom stereocenters. The number of benzene rings is 8. The lowest BCUT2D eigenvalue weighted by Gasteiger charge is -2.23. The molecular formula is C54H37N3O. The van der Waals surface area contributed by atoms with Crippen molar-refractivity contribution in [2.45, 2.75) is 20.3 Å². The minimum atomic E-state index is 0.791. The number of furan rings is 1. The SMILES string of the molecule is Cc1cc2c(c(-c3c(-c4ccccc4)nnnc3-c3cccc(-c4ccccc4-c4ccccc4)c3-c3cccc4oc5ccccc5c34)c1C)Cc1ccccc1-2. The maximum atomic E-state index is 6.54. The fraction of sp³-hybridized carbons (Fsp3) is 0.0556. The molecular weight excluding hydrogens is 707 g/mol. The molecule has 0 fully saturated rings. The zero-order valence-electron chi connectivity index (χ0n) is 32.2. The summed E-state index contributed by atoms with van der Waals surface area (Å²) in [5.74, 6) is 0. The first-order valence-electron chi connectivity index (χ1n) is 19.8. The van der Waals surface area contributed by atoms with Crippen LogP contribution in [0.25, 0.3) is 100 Å². The average Bonchev–Trinajstić information content (AvgIpc) is 3.85. The Morgan fingerprint density at radius 1 is 0.431 bits per heavy atom. The summed E-state index contributed by atoms with van der Waals surface area (Å²) in [6, 6.07) is 62.3. The standard InChI is InChI=1S/C54H37N3O/c1-33-31-45-39-23-10-9-21-37(39)32-46(45)49(34(33)2)52-53(36-19-7-4-8-20-36)55-57-56-54(52)44-28-15-26-41(40-24-12-11-22-38(40)35-17-5-3-6-18-35)50(44)43-27-16-30-48-51(43)42-25-13-14-29-47(42)58-48/h3-31H,32H2,1-2H3. The van der Waals surface area contributed by atoms with Crippen LogP contribution in [0.3, 0.4) is 0 Å². The molecule has 4 nitrogen and oxygen atoms in total. The second kappa shape index (κ2) is 13.6. The van der Waals surface area contributed by atoms with Crippen LogP contribution in [0, 0.1) is 13.8 Å². The number of aryl methyl sites for hydroxylation is 1. The fourth-order valence-electron chi connectivity index (χ4n) is 9.24. The van der Waals surface area contributed by atoms with E-state index in [4.69, 9.17) is 14.6 Å². The van der Waals surface area contributed by atoms with E-state index in [0.717, 1.165) is 89.8 Å². The Morgan fingerprint density at radius 3 is 1.86 bits per heavy atom. The van der Waals surface area contributed by atoms with Crippen molar-refractivity contribution in [1.29, 1.82) is 0 Å². The molecule has 58 heavy (non-hydrogen) atoms. The largest absolute Gasteiger partial charge is 0.456 e. The molecule has 0 radical (unpaired) electrons. The van der Waals surface area contributed by atoms with Gasteiger partial charge in [0.1, 0.15) is 22.6 Å². The predicted octanol–water partition coefficient (Wildman–Crippen LogP) is 14.0. The van der Waals surface area contributed by atoms with Gasteiger partial charge in [0.05, 0.1) is 0 Å². The molecule has 0 saturated heterocycles. The lowest BCUT2D eigenvalue weighted by molar-refractivity contribution is 0.669. The molecule has 0 amide bonds. The predicted molar refractivity (Wildman–Crippen MR) is 237 cm³/mol. The molecule has 0 spiro atoms. The third-order valence-corrected chi connectivity index (χ3v) is 12.0. The highest BCUT2D eigenvalue weighted by atomic mass is 16.3. The first kappa shape index (κ1) is 33.9. The van der Waals surface area contributed by atoms with Gasteiger partial charge in [-0.2, -0.15) is 0 Å². The van der Waals surface area contributed by atoms with Crippen LogP contribution in [0.15, 0.2) is 180 Å². The van der Waals surface area contributed by atoms with Gasteiger partial charge in [-0.05, 0) is 110 Å². The molecule has 2 aromatic heterocycles. The van der Waals surface area contributed by atoms with Gasteiger partial charge < -0.3 is 4.42 Å². The lowest BCUT2D eigenvalue weighted by Crippen LogP contribution is -2.05. The summed E-state index contributed by atoms with van der Waals surface area (Å²) in [7, 11) is 0. The molecule has 0 atom stereocenters. The first-order chi connectivity index (χ1) is 28.6. The van der Waals surface area contributed by atoms with Gasteiger partial charge in [-0.3, -0.25) is 0 Å². The van der Waals surface area contributed by atoms with Gasteiger partial charge in [0, 0.05) is 27.5 Å². The third-order valence-electron chi connectivity index (χ3n) is 12.0. The summed E-state index contributed by atoms with van der Waals surface area (Å²) in [4.78, 5) is 0. The molecule has 0 N–H and O–H groups in total. The van der Waals surface area contributed by atoms with Crippen LogP contribution in [0.4, 0.5) is 0 Å². The Hall–Kier alpha value is -7.43. The number of rotatable bonds is 6. The number of fused-ring (bicyclic) bond motifs is 6. The molecule has 1 aliphatic rings. The molecule has 0 aliphatic heterocycles. The van der Waals surface area contributed by atoms with Crippen molar-refractivity contribution in [3.05, 3.63) is 198 Å². The fourth-order valence-corrected chi connectivity index (χ4v) is 9.24. The molecule has 8 aromatic carbocycles. The summed E-state index contributed by atoms with van der Waals surface area (Å²) in [6.45, 7) is 4.47. The van der Waals surface area contributed by atoms with Crippen molar-refractivity contribution in [2.24, 2.45) is 0 Å². The molecule has 2 heterocycles. The molecule has 274 valence electrons. The Balaban J connectivity index is 1.29. The number of nitrogens with zero attached hydrogens (tertiary/aromatic N) is 3. The van der Waals surface area contributed by atoms with Crippen molar-refractivity contribution >= 4 is 21.9 Å². The molecule has 10 aromatic rings. The van der Waals surface area contributed by atoms with E-state index in [0.29, 0.717) is 0 Å². The summed E-state index contributed by atoms with van der Waals surface area (Å²) >= 11 is 0. The highest BCUT2D eigenvalue weighted by molar-refractivity contribution is 6.16. The molecule has 11 rings (SSSR count). The second-order valence-corrected chi connectivity index (χ2v) is 15.2. The Labute approximate surface area is 337 Å². The van der Waals surface area contributed by atoms with Crippen LogP contribution < -0.4 is 0 Å². The first-order valence-corrected chi connectivity index (χ1v) is 19.8. The Morgan fingerprint density at radius 2 is 1.03 bits per heavy atom. The monoisotopic (exact) mass is 743 g/mol. The van der Waals surface area contributed by atoms with Crippen molar-refractivity contribution in [3.63, 3.8) is 0 Å². The van der Waals surface area contributed by atoms with Crippen LogP contribution in [-0.4, -0.2) is 15.4 Å². The average molecular weight is 744 g/mol. The zero-order valence-corrected chi connectivity index (χ0v) is 32.2. The maximum absolute atomic E-state index is 6.54. The number of hydrogen-bond donors (Lipinski definition) is 0. The molecule has 1 aliphatic carbocycles. The van der Waals surface area contributed by atoms with Gasteiger partial charge in [-0.25, -0.2) is 0 Å². The molecule has 0 bridgehead atoms. The Kier molecular flexibility index (Phi) is 7.97. The van der Waals surface area contributed by atoms with E-state index in [1.54, 1.807) is 0 Å². The smallest absolute Gasteiger partial charge is 0.136 e. The van der Waals surface area contributed by atoms with Gasteiger partial charge in [-0.15, -0.1) is 10.2 Å². The van der Waals surface area contributed by atoms with Crippen LogP contribution >= 0.6 is 0 Å².